The summed E-state index contributed by atoms with van der Waals surface area (Å²) in [5, 5.41) is 11.5. The van der Waals surface area contributed by atoms with Gasteiger partial charge in [-0.15, -0.1) is 0 Å². The van der Waals surface area contributed by atoms with Gasteiger partial charge >= 0.3 is 5.97 Å². The van der Waals surface area contributed by atoms with E-state index < -0.39 is 23.5 Å². The van der Waals surface area contributed by atoms with E-state index in [0.717, 1.165) is 0 Å². The number of nitrogens with one attached hydrogen (secondary N) is 2. The van der Waals surface area contributed by atoms with E-state index in [-0.39, 0.29) is 11.5 Å². The predicted molar refractivity (Wildman–Crippen MR) is 70.1 cm³/mol. The summed E-state index contributed by atoms with van der Waals surface area (Å²) in [6.07, 6.45) is 0.613. The van der Waals surface area contributed by atoms with E-state index in [1.165, 1.54) is 6.07 Å². The lowest BCUT2D eigenvalue weighted by Crippen LogP contribution is -2.46. The Balaban J connectivity index is 2.94. The molecule has 3 N–H and O–H groups in total. The van der Waals surface area contributed by atoms with Crippen LogP contribution in [0.5, 0.6) is 0 Å². The third-order valence-corrected chi connectivity index (χ3v) is 3.07. The molecule has 104 valence electrons. The number of aromatic amines is 1. The Kier molecular flexibility index (Phi) is 4.86. The topological polar surface area (TPSA) is 99.3 Å². The Labute approximate surface area is 110 Å². The number of aliphatic carboxylic acids is 1. The van der Waals surface area contributed by atoms with Crippen molar-refractivity contribution in [2.75, 3.05) is 0 Å². The number of carboxylic acids is 1. The Morgan fingerprint density at radius 3 is 2.53 bits per heavy atom. The Morgan fingerprint density at radius 2 is 2.05 bits per heavy atom. The fourth-order valence-corrected chi connectivity index (χ4v) is 1.65. The summed E-state index contributed by atoms with van der Waals surface area (Å²) >= 11 is 0. The Hall–Kier alpha value is -2.11. The molecule has 0 saturated carbocycles. The molecule has 0 bridgehead atoms. The first kappa shape index (κ1) is 14.9. The van der Waals surface area contributed by atoms with E-state index in [9.17, 15) is 14.4 Å². The van der Waals surface area contributed by atoms with Gasteiger partial charge in [-0.2, -0.15) is 0 Å². The van der Waals surface area contributed by atoms with Crippen molar-refractivity contribution in [2.24, 2.45) is 5.92 Å². The molecular formula is C13H18N2O4. The summed E-state index contributed by atoms with van der Waals surface area (Å²) < 4.78 is 0. The van der Waals surface area contributed by atoms with E-state index >= 15 is 0 Å². The number of carbonyl (C=O) groups is 2. The summed E-state index contributed by atoms with van der Waals surface area (Å²) in [5.74, 6) is -1.99. The van der Waals surface area contributed by atoms with Crippen LogP contribution in [-0.4, -0.2) is 28.0 Å². The van der Waals surface area contributed by atoms with E-state index in [4.69, 9.17) is 5.11 Å². The van der Waals surface area contributed by atoms with Crippen LogP contribution in [0.2, 0.25) is 0 Å². The van der Waals surface area contributed by atoms with Crippen LogP contribution in [0.25, 0.3) is 0 Å². The number of hydrogen-bond acceptors (Lipinski definition) is 3. The molecule has 6 heteroatoms. The first-order chi connectivity index (χ1) is 8.86. The number of carboxylic acid groups (broad SMARTS) is 1. The first-order valence-corrected chi connectivity index (χ1v) is 6.10. The minimum Gasteiger partial charge on any atom is -0.480 e. The molecule has 0 spiro atoms. The minimum absolute atomic E-state index is 0.0832. The third-order valence-electron chi connectivity index (χ3n) is 3.07. The fourth-order valence-electron chi connectivity index (χ4n) is 1.65. The molecule has 1 aromatic rings. The third kappa shape index (κ3) is 3.67. The zero-order valence-electron chi connectivity index (χ0n) is 11.2. The standard InChI is InChI=1S/C13H18N2O4/c1-4-7(2)10(13(18)19)15-12(17)9-6-5-8(3)14-11(9)16/h5-7,10H,4H2,1-3H3,(H,14,16)(H,15,17)(H,18,19)/t7-,10-/m0/s1. The van der Waals surface area contributed by atoms with Crippen LogP contribution < -0.4 is 10.9 Å². The molecule has 1 rings (SSSR count). The van der Waals surface area contributed by atoms with Crippen molar-refractivity contribution < 1.29 is 14.7 Å². The van der Waals surface area contributed by atoms with Crippen molar-refractivity contribution in [3.8, 4) is 0 Å². The Morgan fingerprint density at radius 1 is 1.42 bits per heavy atom. The van der Waals surface area contributed by atoms with Crippen LogP contribution in [0, 0.1) is 12.8 Å². The van der Waals surface area contributed by atoms with Gasteiger partial charge < -0.3 is 15.4 Å². The highest BCUT2D eigenvalue weighted by Crippen LogP contribution is 2.08. The predicted octanol–water partition coefficient (Wildman–Crippen LogP) is 0.912. The SMILES string of the molecule is CC[C@H](C)[C@H](NC(=O)c1ccc(C)[nH]c1=O)C(=O)O. The lowest BCUT2D eigenvalue weighted by Gasteiger charge is -2.19. The summed E-state index contributed by atoms with van der Waals surface area (Å²) in [6, 6.07) is 1.98. The second-order valence-corrected chi connectivity index (χ2v) is 4.56. The zero-order valence-corrected chi connectivity index (χ0v) is 11.2. The fraction of sp³-hybridized carbons (Fsp3) is 0.462. The molecule has 1 aromatic heterocycles. The number of hydrogen-bond donors (Lipinski definition) is 3. The number of aromatic nitrogens is 1. The molecule has 0 radical (unpaired) electrons. The van der Waals surface area contributed by atoms with Crippen LogP contribution in [0.3, 0.4) is 0 Å². The molecule has 2 atom stereocenters. The number of rotatable bonds is 5. The van der Waals surface area contributed by atoms with Gasteiger partial charge in [0.05, 0.1) is 0 Å². The number of H-pyrrole nitrogens is 1. The molecule has 0 unspecified atom stereocenters. The number of aryl methyl sites for hydroxylation is 1. The van der Waals surface area contributed by atoms with Gasteiger partial charge in [0, 0.05) is 5.69 Å². The molecule has 0 aliphatic heterocycles. The van der Waals surface area contributed by atoms with Crippen molar-refractivity contribution in [3.63, 3.8) is 0 Å². The summed E-state index contributed by atoms with van der Waals surface area (Å²) in [7, 11) is 0. The van der Waals surface area contributed by atoms with E-state index in [0.29, 0.717) is 12.1 Å². The van der Waals surface area contributed by atoms with Gasteiger partial charge in [0.15, 0.2) is 0 Å². The van der Waals surface area contributed by atoms with Crippen LogP contribution in [0.4, 0.5) is 0 Å². The van der Waals surface area contributed by atoms with Crippen LogP contribution in [-0.2, 0) is 4.79 Å². The van der Waals surface area contributed by atoms with Gasteiger partial charge in [0.25, 0.3) is 11.5 Å². The van der Waals surface area contributed by atoms with Crippen molar-refractivity contribution in [2.45, 2.75) is 33.2 Å². The molecule has 0 fully saturated rings. The number of carbonyl (C=O) groups excluding carboxylic acids is 1. The van der Waals surface area contributed by atoms with E-state index in [2.05, 4.69) is 10.3 Å². The average molecular weight is 266 g/mol. The normalized spacial score (nSPS) is 13.6. The highest BCUT2D eigenvalue weighted by Gasteiger charge is 2.26. The minimum atomic E-state index is -1.11. The summed E-state index contributed by atoms with van der Waals surface area (Å²) in [6.45, 7) is 5.27. The van der Waals surface area contributed by atoms with E-state index in [1.54, 1.807) is 19.9 Å². The van der Waals surface area contributed by atoms with Crippen molar-refractivity contribution in [3.05, 3.63) is 33.7 Å². The van der Waals surface area contributed by atoms with Crippen molar-refractivity contribution >= 4 is 11.9 Å². The van der Waals surface area contributed by atoms with Gasteiger partial charge in [0.2, 0.25) is 0 Å². The van der Waals surface area contributed by atoms with E-state index in [1.807, 2.05) is 6.92 Å². The van der Waals surface area contributed by atoms with Gasteiger partial charge in [-0.25, -0.2) is 4.79 Å². The molecule has 0 saturated heterocycles. The van der Waals surface area contributed by atoms with Crippen molar-refractivity contribution in [1.29, 1.82) is 0 Å². The van der Waals surface area contributed by atoms with Gasteiger partial charge in [-0.1, -0.05) is 20.3 Å². The molecule has 0 aromatic carbocycles. The lowest BCUT2D eigenvalue weighted by molar-refractivity contribution is -0.140. The van der Waals surface area contributed by atoms with Crippen LogP contribution >= 0.6 is 0 Å². The zero-order chi connectivity index (χ0) is 14.6. The maximum Gasteiger partial charge on any atom is 0.326 e. The molecular weight excluding hydrogens is 248 g/mol. The molecule has 1 amide bonds. The van der Waals surface area contributed by atoms with Crippen LogP contribution in [0.1, 0.15) is 36.3 Å². The monoisotopic (exact) mass is 266 g/mol. The molecule has 1 heterocycles. The van der Waals surface area contributed by atoms with Crippen LogP contribution in [0.15, 0.2) is 16.9 Å². The molecule has 6 nitrogen and oxygen atoms in total. The van der Waals surface area contributed by atoms with Gasteiger partial charge in [-0.3, -0.25) is 9.59 Å². The second kappa shape index (κ2) is 6.17. The van der Waals surface area contributed by atoms with Gasteiger partial charge in [-0.05, 0) is 25.0 Å². The quantitative estimate of drug-likeness (QED) is 0.737. The average Bonchev–Trinajstić information content (AvgIpc) is 2.34. The number of amides is 1. The summed E-state index contributed by atoms with van der Waals surface area (Å²) in [5.41, 5.74) is 0.0317. The van der Waals surface area contributed by atoms with Gasteiger partial charge in [0.1, 0.15) is 11.6 Å². The second-order valence-electron chi connectivity index (χ2n) is 4.56. The smallest absolute Gasteiger partial charge is 0.326 e. The maximum absolute atomic E-state index is 11.9. The molecule has 0 aliphatic carbocycles. The molecule has 19 heavy (non-hydrogen) atoms. The highest BCUT2D eigenvalue weighted by atomic mass is 16.4. The lowest BCUT2D eigenvalue weighted by atomic mass is 9.99. The highest BCUT2D eigenvalue weighted by molar-refractivity contribution is 5.96. The molecule has 0 aliphatic rings. The van der Waals surface area contributed by atoms with Crippen molar-refractivity contribution in [1.82, 2.24) is 10.3 Å². The largest absolute Gasteiger partial charge is 0.480 e. The Bertz CT molecular complexity index is 536. The summed E-state index contributed by atoms with van der Waals surface area (Å²) in [4.78, 5) is 37.1. The number of pyridine rings is 1. The first-order valence-electron chi connectivity index (χ1n) is 6.10. The maximum atomic E-state index is 11.9.